The van der Waals surface area contributed by atoms with E-state index in [1.165, 1.54) is 39.7 Å². The Balaban J connectivity index is 1.78. The third kappa shape index (κ3) is 4.08. The minimum Gasteiger partial charge on any atom is -0.504 e. The van der Waals surface area contributed by atoms with Gasteiger partial charge in [0.15, 0.2) is 11.5 Å². The Hall–Kier alpha value is -3.84. The van der Waals surface area contributed by atoms with Gasteiger partial charge in [-0.2, -0.15) is 0 Å². The molecule has 0 atom stereocenters. The Bertz CT molecular complexity index is 1330. The lowest BCUT2D eigenvalue weighted by atomic mass is 10.2. The highest BCUT2D eigenvalue weighted by atomic mass is 32.1. The van der Waals surface area contributed by atoms with Crippen LogP contribution in [-0.4, -0.2) is 27.3 Å². The molecule has 0 saturated heterocycles. The van der Waals surface area contributed by atoms with Gasteiger partial charge in [0.2, 0.25) is 0 Å². The molecule has 2 heterocycles. The van der Waals surface area contributed by atoms with Crippen molar-refractivity contribution in [2.75, 3.05) is 7.11 Å². The summed E-state index contributed by atoms with van der Waals surface area (Å²) in [6.07, 6.45) is 4.62. The van der Waals surface area contributed by atoms with Crippen LogP contribution in [-0.2, 0) is 0 Å². The highest BCUT2D eigenvalue weighted by Crippen LogP contribution is 2.29. The second-order valence-corrected chi connectivity index (χ2v) is 8.14. The number of hydrogen-bond acceptors (Lipinski definition) is 5. The van der Waals surface area contributed by atoms with E-state index in [9.17, 15) is 14.7 Å². The van der Waals surface area contributed by atoms with Gasteiger partial charge >= 0.3 is 5.69 Å². The number of benzene rings is 2. The molecule has 0 fully saturated rings. The van der Waals surface area contributed by atoms with Crippen LogP contribution in [0.1, 0.15) is 15.2 Å². The molecule has 7 heteroatoms. The molecular weight excluding hydrogens is 412 g/mol. The van der Waals surface area contributed by atoms with Gasteiger partial charge in [-0.15, -0.1) is 11.3 Å². The fourth-order valence-electron chi connectivity index (χ4n) is 3.22. The maximum Gasteiger partial charge on any atom is 0.340 e. The van der Waals surface area contributed by atoms with Gasteiger partial charge in [-0.25, -0.2) is 9.36 Å². The molecule has 1 N–H and O–H groups in total. The van der Waals surface area contributed by atoms with Crippen molar-refractivity contribution < 1.29 is 14.6 Å². The molecule has 0 aliphatic rings. The Labute approximate surface area is 182 Å². The number of nitrogens with zero attached hydrogens (tertiary/aromatic N) is 2. The largest absolute Gasteiger partial charge is 0.504 e. The van der Waals surface area contributed by atoms with Crippen LogP contribution in [0.15, 0.2) is 77.7 Å². The first-order chi connectivity index (χ1) is 15.0. The van der Waals surface area contributed by atoms with Gasteiger partial charge in [-0.1, -0.05) is 24.3 Å². The third-order valence-corrected chi connectivity index (χ3v) is 5.78. The Kier molecular flexibility index (Phi) is 5.60. The summed E-state index contributed by atoms with van der Waals surface area (Å²) in [4.78, 5) is 28.2. The molecule has 4 aromatic rings. The second kappa shape index (κ2) is 8.49. The topological polar surface area (TPSA) is 73.5 Å². The number of para-hydroxylation sites is 1. The number of aromatic hydroxyl groups is 1. The molecular formula is C24H20N2O4S. The number of methoxy groups -OCH3 is 1. The molecule has 0 aliphatic heterocycles. The van der Waals surface area contributed by atoms with E-state index in [2.05, 4.69) is 0 Å². The van der Waals surface area contributed by atoms with Gasteiger partial charge in [0.25, 0.3) is 5.91 Å². The van der Waals surface area contributed by atoms with E-state index < -0.39 is 11.6 Å². The molecule has 156 valence electrons. The van der Waals surface area contributed by atoms with Crippen LogP contribution in [0.4, 0.5) is 0 Å². The summed E-state index contributed by atoms with van der Waals surface area (Å²) in [6.45, 7) is 1.98. The summed E-state index contributed by atoms with van der Waals surface area (Å²) in [5.41, 5.74) is 1.43. The van der Waals surface area contributed by atoms with Gasteiger partial charge in [0, 0.05) is 17.2 Å². The first-order valence-electron chi connectivity index (χ1n) is 9.54. The van der Waals surface area contributed by atoms with E-state index in [-0.39, 0.29) is 5.75 Å². The Morgan fingerprint density at radius 2 is 1.87 bits per heavy atom. The van der Waals surface area contributed by atoms with Gasteiger partial charge < -0.3 is 9.84 Å². The molecule has 0 amide bonds. The molecule has 4 rings (SSSR count). The van der Waals surface area contributed by atoms with Crippen LogP contribution in [0.2, 0.25) is 0 Å². The summed E-state index contributed by atoms with van der Waals surface area (Å²) >= 11 is 1.52. The highest BCUT2D eigenvalue weighted by Gasteiger charge is 2.19. The molecule has 0 saturated carbocycles. The van der Waals surface area contributed by atoms with E-state index in [0.29, 0.717) is 22.7 Å². The van der Waals surface area contributed by atoms with Crippen LogP contribution in [0, 0.1) is 6.92 Å². The molecule has 0 unspecified atom stereocenters. The van der Waals surface area contributed by atoms with Crippen LogP contribution >= 0.6 is 11.3 Å². The van der Waals surface area contributed by atoms with Crippen molar-refractivity contribution >= 4 is 23.3 Å². The molecule has 2 aromatic carbocycles. The lowest BCUT2D eigenvalue weighted by molar-refractivity contribution is 0.0967. The summed E-state index contributed by atoms with van der Waals surface area (Å²) in [5, 5.41) is 9.74. The quantitative estimate of drug-likeness (QED) is 0.462. The number of phenols is 1. The molecule has 6 nitrogen and oxygen atoms in total. The van der Waals surface area contributed by atoms with Crippen LogP contribution in [0.5, 0.6) is 11.5 Å². The van der Waals surface area contributed by atoms with Crippen molar-refractivity contribution in [1.82, 2.24) is 9.13 Å². The van der Waals surface area contributed by atoms with E-state index in [4.69, 9.17) is 4.74 Å². The average molecular weight is 433 g/mol. The summed E-state index contributed by atoms with van der Waals surface area (Å²) < 4.78 is 7.75. The molecule has 0 spiro atoms. The number of aryl methyl sites for hydroxylation is 1. The van der Waals surface area contributed by atoms with E-state index >= 15 is 0 Å². The van der Waals surface area contributed by atoms with Crippen molar-refractivity contribution in [3.05, 3.63) is 93.9 Å². The number of allylic oxidation sites excluding steroid dienone is 1. The molecule has 31 heavy (non-hydrogen) atoms. The summed E-state index contributed by atoms with van der Waals surface area (Å²) in [6, 6.07) is 17.8. The normalized spacial score (nSPS) is 11.2. The number of carbonyl (C=O) groups is 1. The summed E-state index contributed by atoms with van der Waals surface area (Å²) in [5.74, 6) is -0.151. The molecule has 0 aliphatic carbocycles. The fraction of sp³-hybridized carbons (Fsp3) is 0.0833. The first-order valence-corrected chi connectivity index (χ1v) is 10.4. The van der Waals surface area contributed by atoms with Crippen molar-refractivity contribution in [3.63, 3.8) is 0 Å². The number of imidazole rings is 1. The lowest BCUT2D eigenvalue weighted by Crippen LogP contribution is -2.27. The van der Waals surface area contributed by atoms with Crippen LogP contribution < -0.4 is 10.4 Å². The van der Waals surface area contributed by atoms with E-state index in [0.717, 1.165) is 9.75 Å². The van der Waals surface area contributed by atoms with Gasteiger partial charge in [-0.3, -0.25) is 9.36 Å². The number of phenolic OH excluding ortho intramolecular Hbond substituents is 1. The second-order valence-electron chi connectivity index (χ2n) is 6.85. The van der Waals surface area contributed by atoms with Crippen LogP contribution in [0.25, 0.3) is 22.3 Å². The molecule has 0 radical (unpaired) electrons. The first kappa shape index (κ1) is 20.4. The van der Waals surface area contributed by atoms with Crippen LogP contribution in [0.3, 0.4) is 0 Å². The fourth-order valence-corrected chi connectivity index (χ4v) is 4.09. The predicted octanol–water partition coefficient (Wildman–Crippen LogP) is 4.74. The minimum absolute atomic E-state index is 0.0116. The highest BCUT2D eigenvalue weighted by molar-refractivity contribution is 7.15. The zero-order chi connectivity index (χ0) is 22.0. The third-order valence-electron chi connectivity index (χ3n) is 4.76. The minimum atomic E-state index is -0.465. The maximum absolute atomic E-state index is 13.2. The number of aromatic nitrogens is 2. The zero-order valence-electron chi connectivity index (χ0n) is 17.0. The van der Waals surface area contributed by atoms with Crippen molar-refractivity contribution in [2.24, 2.45) is 0 Å². The summed E-state index contributed by atoms with van der Waals surface area (Å²) in [7, 11) is 1.45. The van der Waals surface area contributed by atoms with Crippen molar-refractivity contribution in [1.29, 1.82) is 0 Å². The molecule has 0 bridgehead atoms. The van der Waals surface area contributed by atoms with E-state index in [1.54, 1.807) is 24.4 Å². The average Bonchev–Trinajstić information content (AvgIpc) is 3.36. The predicted molar refractivity (Wildman–Crippen MR) is 122 cm³/mol. The lowest BCUT2D eigenvalue weighted by Gasteiger charge is -2.04. The SMILES string of the molecule is COc1cc(/C=C/C(=O)n2c(-c3ccc(C)s3)cn(-c3ccccc3)c2=O)ccc1O. The zero-order valence-corrected chi connectivity index (χ0v) is 17.8. The Morgan fingerprint density at radius 1 is 1.10 bits per heavy atom. The van der Waals surface area contributed by atoms with Gasteiger partial charge in [0.1, 0.15) is 0 Å². The van der Waals surface area contributed by atoms with Gasteiger partial charge in [0.05, 0.1) is 23.4 Å². The maximum atomic E-state index is 13.2. The number of hydrogen-bond donors (Lipinski definition) is 1. The number of carbonyl (C=O) groups excluding carboxylic acids is 1. The monoisotopic (exact) mass is 432 g/mol. The smallest absolute Gasteiger partial charge is 0.340 e. The Morgan fingerprint density at radius 3 is 2.55 bits per heavy atom. The van der Waals surface area contributed by atoms with Crippen molar-refractivity contribution in [2.45, 2.75) is 6.92 Å². The van der Waals surface area contributed by atoms with Gasteiger partial charge in [-0.05, 0) is 55.0 Å². The number of ether oxygens (including phenoxy) is 1. The van der Waals surface area contributed by atoms with E-state index in [1.807, 2.05) is 49.4 Å². The number of rotatable bonds is 5. The number of thiophene rings is 1. The van der Waals surface area contributed by atoms with Crippen molar-refractivity contribution in [3.8, 4) is 27.8 Å². The standard InChI is InChI=1S/C24H20N2O4S/c1-16-8-12-22(31-16)19-15-25(18-6-4-3-5-7-18)24(29)26(19)23(28)13-10-17-9-11-20(27)21(14-17)30-2/h3-15,27H,1-2H3/b13-10+. The molecule has 2 aromatic heterocycles.